The molecule has 0 heterocycles. The van der Waals surface area contributed by atoms with E-state index in [2.05, 4.69) is 0 Å². The first kappa shape index (κ1) is 28.5. The van der Waals surface area contributed by atoms with Crippen LogP contribution in [0.4, 0.5) is 0 Å². The Balaban J connectivity index is 0. The molecular formula is H7AlMoSnZr. The Hall–Kier alpha value is 2.90. The second kappa shape index (κ2) is 16.8. The molecule has 0 aliphatic heterocycles. The van der Waals surface area contributed by atoms with E-state index in [1.165, 1.54) is 0 Å². The first-order valence-electron chi connectivity index (χ1n) is 0. The molecule has 0 aromatic carbocycles. The monoisotopic (exact) mass is 342 g/mol. The van der Waals surface area contributed by atoms with Gasteiger partial charge in [-0.25, -0.2) is 0 Å². The number of rotatable bonds is 0. The summed E-state index contributed by atoms with van der Waals surface area (Å²) in [5.74, 6) is 0. The van der Waals surface area contributed by atoms with E-state index < -0.39 is 0 Å². The van der Waals surface area contributed by atoms with Crippen LogP contribution in [0.1, 0.15) is 0 Å². The van der Waals surface area contributed by atoms with E-state index in [-0.39, 0.29) is 88.5 Å². The summed E-state index contributed by atoms with van der Waals surface area (Å²) in [5.41, 5.74) is 0. The standard InChI is InChI=1S/Al.Mo.Sn.Zr.7H. The van der Waals surface area contributed by atoms with Crippen LogP contribution in [-0.4, -0.2) is 41.3 Å². The molecule has 0 rings (SSSR count). The van der Waals surface area contributed by atoms with Crippen molar-refractivity contribution in [1.29, 1.82) is 0 Å². The Morgan fingerprint density at radius 1 is 1.00 bits per heavy atom. The summed E-state index contributed by atoms with van der Waals surface area (Å²) < 4.78 is 0. The van der Waals surface area contributed by atoms with Crippen molar-refractivity contribution in [2.75, 3.05) is 0 Å². The smallest absolute Gasteiger partial charge is 0 e. The molecule has 4 heteroatoms. The van der Waals surface area contributed by atoms with E-state index in [4.69, 9.17) is 0 Å². The van der Waals surface area contributed by atoms with Gasteiger partial charge in [0.1, 0.15) is 0 Å². The maximum absolute atomic E-state index is 0. The Labute approximate surface area is 87.0 Å². The maximum atomic E-state index is 0. The van der Waals surface area contributed by atoms with Gasteiger partial charge in [-0.1, -0.05) is 0 Å². The Morgan fingerprint density at radius 3 is 1.00 bits per heavy atom. The zero-order valence-electron chi connectivity index (χ0n) is 0.908. The van der Waals surface area contributed by atoms with Crippen molar-refractivity contribution in [1.82, 2.24) is 0 Å². The average Bonchev–Trinajstić information content (AvgIpc) is 0. The van der Waals surface area contributed by atoms with Gasteiger partial charge in [0.15, 0.2) is 17.4 Å². The van der Waals surface area contributed by atoms with Crippen LogP contribution in [0.3, 0.4) is 0 Å². The van der Waals surface area contributed by atoms with Gasteiger partial charge >= 0.3 is 23.9 Å². The molecule has 0 aromatic heterocycles. The van der Waals surface area contributed by atoms with E-state index in [0.717, 1.165) is 0 Å². The molecule has 0 unspecified atom stereocenters. The van der Waals surface area contributed by atoms with E-state index in [1.807, 2.05) is 0 Å². The summed E-state index contributed by atoms with van der Waals surface area (Å²) in [4.78, 5) is 0. The van der Waals surface area contributed by atoms with Gasteiger partial charge in [-0.2, -0.15) is 0 Å². The summed E-state index contributed by atoms with van der Waals surface area (Å²) in [6, 6.07) is 0. The first-order valence-corrected chi connectivity index (χ1v) is 0. The van der Waals surface area contributed by atoms with Gasteiger partial charge in [-0.05, 0) is 0 Å². The van der Waals surface area contributed by atoms with E-state index in [1.54, 1.807) is 0 Å². The predicted octanol–water partition coefficient (Wildman–Crippen LogP) is -2.64. The van der Waals surface area contributed by atoms with Crippen LogP contribution in [0.15, 0.2) is 0 Å². The molecule has 0 fully saturated rings. The van der Waals surface area contributed by atoms with Crippen LogP contribution in [0, 0.1) is 0 Å². The maximum Gasteiger partial charge on any atom is 0 e. The van der Waals surface area contributed by atoms with Crippen LogP contribution in [-0.2, 0) is 47.3 Å². The molecule has 0 nitrogen and oxygen atoms in total. The molecule has 0 aromatic rings. The molecule has 0 radical (unpaired) electrons. The van der Waals surface area contributed by atoms with E-state index in [9.17, 15) is 0 Å². The fraction of sp³-hybridized carbons (Fsp3) is 0. The average molecular weight is 340 g/mol. The Bertz CT molecular complexity index is 8.00. The molecule has 0 amide bonds. The van der Waals surface area contributed by atoms with Crippen LogP contribution < -0.4 is 0 Å². The molecule has 24 valence electrons. The molecule has 0 atom stereocenters. The van der Waals surface area contributed by atoms with Crippen molar-refractivity contribution >= 4 is 41.3 Å². The summed E-state index contributed by atoms with van der Waals surface area (Å²) in [6.07, 6.45) is 0. The fourth-order valence-corrected chi connectivity index (χ4v) is 0. The van der Waals surface area contributed by atoms with Gasteiger partial charge in [0, 0.05) is 47.3 Å². The Morgan fingerprint density at radius 2 is 1.00 bits per heavy atom. The third-order valence-electron chi connectivity index (χ3n) is 0. The van der Waals surface area contributed by atoms with Crippen molar-refractivity contribution in [2.24, 2.45) is 0 Å². The molecule has 0 N–H and O–H groups in total. The first-order chi connectivity index (χ1) is 0. The van der Waals surface area contributed by atoms with Crippen molar-refractivity contribution in [2.45, 2.75) is 0 Å². The van der Waals surface area contributed by atoms with E-state index >= 15 is 0 Å². The Kier molecular flexibility index (Phi) is 120. The third kappa shape index (κ3) is 8.86. The minimum atomic E-state index is 0. The predicted molar refractivity (Wildman–Crippen MR) is 21.3 cm³/mol. The summed E-state index contributed by atoms with van der Waals surface area (Å²) in [5, 5.41) is 0. The largest absolute Gasteiger partial charge is 0 e. The van der Waals surface area contributed by atoms with Gasteiger partial charge in [0.05, 0.1) is 0 Å². The second-order valence-corrected chi connectivity index (χ2v) is 0. The van der Waals surface area contributed by atoms with Gasteiger partial charge in [0.25, 0.3) is 0 Å². The minimum Gasteiger partial charge on any atom is 0 e. The summed E-state index contributed by atoms with van der Waals surface area (Å²) in [7, 11) is 0. The molecule has 0 aliphatic carbocycles. The van der Waals surface area contributed by atoms with Crippen LogP contribution in [0.25, 0.3) is 0 Å². The summed E-state index contributed by atoms with van der Waals surface area (Å²) >= 11 is 0. The van der Waals surface area contributed by atoms with Crippen LogP contribution in [0.2, 0.25) is 0 Å². The molecule has 0 saturated carbocycles. The molecule has 0 bridgehead atoms. The number of hydrogen-bond donors (Lipinski definition) is 0. The molecule has 0 aliphatic rings. The fourth-order valence-electron chi connectivity index (χ4n) is 0. The quantitative estimate of drug-likeness (QED) is 0.423. The van der Waals surface area contributed by atoms with Crippen molar-refractivity contribution in [3.63, 3.8) is 0 Å². The van der Waals surface area contributed by atoms with E-state index in [0.29, 0.717) is 0 Å². The van der Waals surface area contributed by atoms with Crippen LogP contribution >= 0.6 is 0 Å². The van der Waals surface area contributed by atoms with Crippen molar-refractivity contribution in [3.8, 4) is 0 Å². The SMILES string of the molecule is [AlH3].[Mo].[SnH4].[Zr]. The minimum absolute atomic E-state index is 0. The van der Waals surface area contributed by atoms with Gasteiger partial charge < -0.3 is 0 Å². The summed E-state index contributed by atoms with van der Waals surface area (Å²) in [6.45, 7) is 0. The topological polar surface area (TPSA) is 0 Å². The molecule has 0 spiro atoms. The third-order valence-corrected chi connectivity index (χ3v) is 0. The number of hydrogen-bond acceptors (Lipinski definition) is 0. The van der Waals surface area contributed by atoms with Crippen molar-refractivity contribution < 1.29 is 47.3 Å². The normalized spacial score (nSPS) is 0. The van der Waals surface area contributed by atoms with Gasteiger partial charge in [-0.15, -0.1) is 0 Å². The van der Waals surface area contributed by atoms with Crippen LogP contribution in [0.5, 0.6) is 0 Å². The zero-order chi connectivity index (χ0) is 0. The zero-order valence-corrected chi connectivity index (χ0v) is 5.37. The molecule has 0 saturated heterocycles. The van der Waals surface area contributed by atoms with Crippen molar-refractivity contribution in [3.05, 3.63) is 0 Å². The van der Waals surface area contributed by atoms with Gasteiger partial charge in [-0.3, -0.25) is 0 Å². The molecule has 4 heavy (non-hydrogen) atoms. The van der Waals surface area contributed by atoms with Gasteiger partial charge in [0.2, 0.25) is 0 Å². The molecular weight excluding hydrogens is 333 g/mol. The second-order valence-electron chi connectivity index (χ2n) is 0.